The van der Waals surface area contributed by atoms with E-state index in [1.165, 1.54) is 6.33 Å². The number of aromatic nitrogens is 3. The Bertz CT molecular complexity index is 499. The molecule has 0 fully saturated rings. The Balaban J connectivity index is 2.30. The van der Waals surface area contributed by atoms with Crippen LogP contribution in [0.5, 0.6) is 0 Å². The van der Waals surface area contributed by atoms with Crippen molar-refractivity contribution in [2.24, 2.45) is 0 Å². The number of aliphatic hydroxyl groups is 1. The molecule has 16 heavy (non-hydrogen) atoms. The van der Waals surface area contributed by atoms with Gasteiger partial charge in [-0.15, -0.1) is 0 Å². The lowest BCUT2D eigenvalue weighted by Crippen LogP contribution is -2.07. The Hall–Kier alpha value is -1.10. The van der Waals surface area contributed by atoms with Gasteiger partial charge in [0, 0.05) is 0 Å². The van der Waals surface area contributed by atoms with Gasteiger partial charge in [0.1, 0.15) is 12.9 Å². The summed E-state index contributed by atoms with van der Waals surface area (Å²) in [6.45, 7) is 0.285. The van der Waals surface area contributed by atoms with Gasteiger partial charge in [0.05, 0.1) is 16.6 Å². The molecule has 0 aliphatic rings. The molecule has 0 aliphatic carbocycles. The lowest BCUT2D eigenvalue weighted by atomic mass is 10.2. The highest BCUT2D eigenvalue weighted by Gasteiger charge is 2.08. The Morgan fingerprint density at radius 2 is 2.12 bits per heavy atom. The maximum atomic E-state index is 9.03. The van der Waals surface area contributed by atoms with E-state index in [9.17, 15) is 0 Å². The molecule has 2 rings (SSSR count). The lowest BCUT2D eigenvalue weighted by Gasteiger charge is -2.07. The molecule has 1 N–H and O–H groups in total. The maximum Gasteiger partial charge on any atom is 0.152 e. The van der Waals surface area contributed by atoms with Gasteiger partial charge < -0.3 is 5.11 Å². The predicted octanol–water partition coefficient (Wildman–Crippen LogP) is 2.13. The van der Waals surface area contributed by atoms with Crippen LogP contribution in [-0.2, 0) is 13.2 Å². The second-order valence-electron chi connectivity index (χ2n) is 3.20. The molecular formula is C10H9Cl2N3O. The summed E-state index contributed by atoms with van der Waals surface area (Å²) in [5.41, 5.74) is 0.842. The molecule has 0 spiro atoms. The number of hydrogen-bond acceptors (Lipinski definition) is 3. The number of rotatable bonds is 3. The van der Waals surface area contributed by atoms with Gasteiger partial charge in [0.25, 0.3) is 0 Å². The van der Waals surface area contributed by atoms with E-state index in [2.05, 4.69) is 10.1 Å². The highest BCUT2D eigenvalue weighted by atomic mass is 35.5. The summed E-state index contributed by atoms with van der Waals surface area (Å²) < 4.78 is 1.58. The van der Waals surface area contributed by atoms with E-state index in [4.69, 9.17) is 28.3 Å². The fraction of sp³-hybridized carbons (Fsp3) is 0.200. The van der Waals surface area contributed by atoms with Crippen LogP contribution < -0.4 is 0 Å². The van der Waals surface area contributed by atoms with Crippen LogP contribution in [0.3, 0.4) is 0 Å². The first-order valence-corrected chi connectivity index (χ1v) is 5.38. The van der Waals surface area contributed by atoms with Crippen LogP contribution in [0.25, 0.3) is 0 Å². The van der Waals surface area contributed by atoms with Gasteiger partial charge in [0.2, 0.25) is 0 Å². The zero-order chi connectivity index (χ0) is 11.5. The van der Waals surface area contributed by atoms with E-state index in [0.29, 0.717) is 22.4 Å². The van der Waals surface area contributed by atoms with Crippen molar-refractivity contribution < 1.29 is 5.11 Å². The maximum absolute atomic E-state index is 9.03. The first-order valence-electron chi connectivity index (χ1n) is 4.63. The summed E-state index contributed by atoms with van der Waals surface area (Å²) in [5.74, 6) is 0.496. The number of hydrogen-bond donors (Lipinski definition) is 1. The van der Waals surface area contributed by atoms with Crippen LogP contribution in [0, 0.1) is 0 Å². The fourth-order valence-electron chi connectivity index (χ4n) is 1.37. The Labute approximate surface area is 102 Å². The van der Waals surface area contributed by atoms with Gasteiger partial charge in [-0.3, -0.25) is 0 Å². The SMILES string of the molecule is OCc1ncnn1Cc1cccc(Cl)c1Cl. The molecule has 4 nitrogen and oxygen atoms in total. The Morgan fingerprint density at radius 1 is 1.31 bits per heavy atom. The van der Waals surface area contributed by atoms with Crippen molar-refractivity contribution in [3.8, 4) is 0 Å². The first-order chi connectivity index (χ1) is 7.72. The molecule has 0 radical (unpaired) electrons. The van der Waals surface area contributed by atoms with Gasteiger partial charge in [-0.2, -0.15) is 5.10 Å². The third-order valence-electron chi connectivity index (χ3n) is 2.19. The molecule has 0 atom stereocenters. The van der Waals surface area contributed by atoms with Crippen molar-refractivity contribution in [1.82, 2.24) is 14.8 Å². The van der Waals surface area contributed by atoms with Crippen molar-refractivity contribution in [2.75, 3.05) is 0 Å². The monoisotopic (exact) mass is 257 g/mol. The molecular weight excluding hydrogens is 249 g/mol. The average molecular weight is 258 g/mol. The lowest BCUT2D eigenvalue weighted by molar-refractivity contribution is 0.264. The second-order valence-corrected chi connectivity index (χ2v) is 3.99. The zero-order valence-electron chi connectivity index (χ0n) is 8.27. The van der Waals surface area contributed by atoms with Crippen molar-refractivity contribution in [1.29, 1.82) is 0 Å². The average Bonchev–Trinajstić information content (AvgIpc) is 2.72. The summed E-state index contributed by atoms with van der Waals surface area (Å²) in [6.07, 6.45) is 1.39. The summed E-state index contributed by atoms with van der Waals surface area (Å²) in [4.78, 5) is 3.91. The predicted molar refractivity (Wildman–Crippen MR) is 61.5 cm³/mol. The minimum absolute atomic E-state index is 0.155. The zero-order valence-corrected chi connectivity index (χ0v) is 9.78. The van der Waals surface area contributed by atoms with Gasteiger partial charge in [0.15, 0.2) is 5.82 Å². The molecule has 0 bridgehead atoms. The fourth-order valence-corrected chi connectivity index (χ4v) is 1.75. The van der Waals surface area contributed by atoms with Gasteiger partial charge in [-0.25, -0.2) is 9.67 Å². The topological polar surface area (TPSA) is 50.9 Å². The van der Waals surface area contributed by atoms with Crippen molar-refractivity contribution in [2.45, 2.75) is 13.2 Å². The number of benzene rings is 1. The molecule has 0 saturated carbocycles. The summed E-state index contributed by atoms with van der Waals surface area (Å²) in [6, 6.07) is 5.40. The molecule has 1 aromatic heterocycles. The van der Waals surface area contributed by atoms with Gasteiger partial charge >= 0.3 is 0 Å². The molecule has 2 aromatic rings. The Kier molecular flexibility index (Phi) is 3.43. The Morgan fingerprint density at radius 3 is 2.88 bits per heavy atom. The first kappa shape index (κ1) is 11.4. The molecule has 1 aromatic carbocycles. The van der Waals surface area contributed by atoms with E-state index >= 15 is 0 Å². The molecule has 6 heteroatoms. The van der Waals surface area contributed by atoms with E-state index < -0.39 is 0 Å². The normalized spacial score (nSPS) is 10.7. The third kappa shape index (κ3) is 2.19. The van der Waals surface area contributed by atoms with Crippen LogP contribution in [0.1, 0.15) is 11.4 Å². The quantitative estimate of drug-likeness (QED) is 0.917. The van der Waals surface area contributed by atoms with Crippen molar-refractivity contribution in [3.05, 3.63) is 46.0 Å². The number of nitrogens with zero attached hydrogens (tertiary/aromatic N) is 3. The van der Waals surface area contributed by atoms with Gasteiger partial charge in [-0.1, -0.05) is 35.3 Å². The van der Waals surface area contributed by atoms with Gasteiger partial charge in [-0.05, 0) is 11.6 Å². The standard InChI is InChI=1S/C10H9Cl2N3O/c11-8-3-1-2-7(10(8)12)4-15-9(5-16)13-6-14-15/h1-3,6,16H,4-5H2. The molecule has 0 aliphatic heterocycles. The van der Waals surface area contributed by atoms with Crippen LogP contribution in [0.15, 0.2) is 24.5 Å². The van der Waals surface area contributed by atoms with Crippen LogP contribution >= 0.6 is 23.2 Å². The highest BCUT2D eigenvalue weighted by molar-refractivity contribution is 6.42. The molecule has 0 saturated heterocycles. The minimum atomic E-state index is -0.155. The summed E-state index contributed by atoms with van der Waals surface area (Å²) in [7, 11) is 0. The minimum Gasteiger partial charge on any atom is -0.388 e. The molecule has 1 heterocycles. The van der Waals surface area contributed by atoms with E-state index in [1.54, 1.807) is 10.7 Å². The second kappa shape index (κ2) is 4.82. The highest BCUT2D eigenvalue weighted by Crippen LogP contribution is 2.26. The van der Waals surface area contributed by atoms with E-state index in [1.807, 2.05) is 12.1 Å². The van der Waals surface area contributed by atoms with Crippen molar-refractivity contribution >= 4 is 23.2 Å². The number of aliphatic hydroxyl groups excluding tert-OH is 1. The van der Waals surface area contributed by atoms with E-state index in [0.717, 1.165) is 5.56 Å². The van der Waals surface area contributed by atoms with Crippen LogP contribution in [-0.4, -0.2) is 19.9 Å². The smallest absolute Gasteiger partial charge is 0.152 e. The largest absolute Gasteiger partial charge is 0.388 e. The summed E-state index contributed by atoms with van der Waals surface area (Å²) >= 11 is 12.0. The van der Waals surface area contributed by atoms with E-state index in [-0.39, 0.29) is 6.61 Å². The molecule has 84 valence electrons. The summed E-state index contributed by atoms with van der Waals surface area (Å²) in [5, 5.41) is 14.0. The number of halogens is 2. The molecule has 0 unspecified atom stereocenters. The third-order valence-corrected chi connectivity index (χ3v) is 3.05. The van der Waals surface area contributed by atoms with Crippen LogP contribution in [0.4, 0.5) is 0 Å². The molecule has 0 amide bonds. The van der Waals surface area contributed by atoms with Crippen LogP contribution in [0.2, 0.25) is 10.0 Å². The van der Waals surface area contributed by atoms with Crippen molar-refractivity contribution in [3.63, 3.8) is 0 Å².